The van der Waals surface area contributed by atoms with Gasteiger partial charge in [0.1, 0.15) is 13.2 Å². The van der Waals surface area contributed by atoms with Crippen LogP contribution < -0.4 is 0 Å². The van der Waals surface area contributed by atoms with E-state index in [9.17, 15) is 14.4 Å². The van der Waals surface area contributed by atoms with Crippen molar-refractivity contribution < 1.29 is 28.6 Å². The number of allylic oxidation sites excluding steroid dienone is 4. The molecule has 0 aromatic heterocycles. The number of hydrogen-bond acceptors (Lipinski definition) is 6. The molecule has 1 atom stereocenters. The number of hydrogen-bond donors (Lipinski definition) is 0. The zero-order valence-electron chi connectivity index (χ0n) is 45.2. The molecule has 0 aliphatic rings. The molecule has 0 aliphatic carbocycles. The SMILES string of the molecule is CCCCC/C=C\C/C=C\CCCCCCCCCC(=O)O[C@H](COC(=O)CCCCCCCCCCCCCCC)COC(=O)CCCCCCCCCCCCCCCCCCCCC. The maximum atomic E-state index is 12.9. The van der Waals surface area contributed by atoms with Gasteiger partial charge < -0.3 is 14.2 Å². The summed E-state index contributed by atoms with van der Waals surface area (Å²) in [5, 5.41) is 0. The van der Waals surface area contributed by atoms with Crippen LogP contribution in [0.1, 0.15) is 329 Å². The smallest absolute Gasteiger partial charge is 0.306 e. The largest absolute Gasteiger partial charge is 0.462 e. The lowest BCUT2D eigenvalue weighted by Crippen LogP contribution is -2.30. The van der Waals surface area contributed by atoms with Crippen LogP contribution in [0.5, 0.6) is 0 Å². The molecule has 0 fully saturated rings. The van der Waals surface area contributed by atoms with Gasteiger partial charge in [-0.3, -0.25) is 14.4 Å². The highest BCUT2D eigenvalue weighted by Crippen LogP contribution is 2.17. The normalized spacial score (nSPS) is 12.1. The first-order valence-electron chi connectivity index (χ1n) is 29.8. The van der Waals surface area contributed by atoms with E-state index in [4.69, 9.17) is 14.2 Å². The Balaban J connectivity index is 4.31. The standard InChI is InChI=1S/C61H114O6/c1-4-7-10-13-16-19-22-25-27-29-30-32-33-36-39-42-45-48-51-54-60(63)66-57-58(56-65-59(62)53-50-47-44-41-38-35-24-21-18-15-12-9-6-3)67-61(64)55-52-49-46-43-40-37-34-31-28-26-23-20-17-14-11-8-5-2/h17,20,26,28,58H,4-16,18-19,21-25,27,29-57H2,1-3H3/b20-17-,28-26-/t58-/m1/s1. The molecule has 0 amide bonds. The maximum Gasteiger partial charge on any atom is 0.306 e. The van der Waals surface area contributed by atoms with Crippen molar-refractivity contribution in [3.8, 4) is 0 Å². The minimum Gasteiger partial charge on any atom is -0.462 e. The summed E-state index contributed by atoms with van der Waals surface area (Å²) in [4.78, 5) is 38.2. The predicted octanol–water partition coefficient (Wildman–Crippen LogP) is 19.9. The molecule has 0 N–H and O–H groups in total. The van der Waals surface area contributed by atoms with Gasteiger partial charge in [0.15, 0.2) is 6.10 Å². The average molecular weight is 944 g/mol. The number of esters is 3. The molecule has 0 aliphatic heterocycles. The van der Waals surface area contributed by atoms with Gasteiger partial charge >= 0.3 is 17.9 Å². The summed E-state index contributed by atoms with van der Waals surface area (Å²) in [6.07, 6.45) is 66.0. The van der Waals surface area contributed by atoms with E-state index in [2.05, 4.69) is 45.1 Å². The molecule has 0 spiro atoms. The van der Waals surface area contributed by atoms with Crippen LogP contribution in [0.3, 0.4) is 0 Å². The summed E-state index contributed by atoms with van der Waals surface area (Å²) in [5.74, 6) is -0.853. The van der Waals surface area contributed by atoms with Crippen molar-refractivity contribution in [2.24, 2.45) is 0 Å². The fraction of sp³-hybridized carbons (Fsp3) is 0.885. The van der Waals surface area contributed by atoms with E-state index in [1.807, 2.05) is 0 Å². The second-order valence-electron chi connectivity index (χ2n) is 20.3. The molecule has 394 valence electrons. The minimum atomic E-state index is -0.770. The third kappa shape index (κ3) is 54.7. The first-order chi connectivity index (χ1) is 33.0. The molecule has 0 heterocycles. The second kappa shape index (κ2) is 56.5. The van der Waals surface area contributed by atoms with E-state index >= 15 is 0 Å². The summed E-state index contributed by atoms with van der Waals surface area (Å²) in [6, 6.07) is 0. The molecule has 6 heteroatoms. The lowest BCUT2D eigenvalue weighted by Gasteiger charge is -2.18. The topological polar surface area (TPSA) is 78.9 Å². The molecule has 6 nitrogen and oxygen atoms in total. The Kier molecular flexibility index (Phi) is 54.7. The summed E-state index contributed by atoms with van der Waals surface area (Å²) < 4.78 is 16.9. The fourth-order valence-corrected chi connectivity index (χ4v) is 8.95. The van der Waals surface area contributed by atoms with Gasteiger partial charge in [0, 0.05) is 19.3 Å². The highest BCUT2D eigenvalue weighted by Gasteiger charge is 2.19. The molecule has 0 unspecified atom stereocenters. The number of ether oxygens (including phenoxy) is 3. The summed E-state index contributed by atoms with van der Waals surface area (Å²) in [6.45, 7) is 6.66. The van der Waals surface area contributed by atoms with Crippen molar-refractivity contribution in [2.45, 2.75) is 335 Å². The highest BCUT2D eigenvalue weighted by molar-refractivity contribution is 5.71. The zero-order valence-corrected chi connectivity index (χ0v) is 45.2. The Morgan fingerprint density at radius 3 is 0.851 bits per heavy atom. The van der Waals surface area contributed by atoms with E-state index in [-0.39, 0.29) is 31.1 Å². The van der Waals surface area contributed by atoms with Crippen LogP contribution in [0.4, 0.5) is 0 Å². The van der Waals surface area contributed by atoms with Crippen molar-refractivity contribution in [1.82, 2.24) is 0 Å². The van der Waals surface area contributed by atoms with Gasteiger partial charge in [-0.15, -0.1) is 0 Å². The van der Waals surface area contributed by atoms with Gasteiger partial charge in [0.05, 0.1) is 0 Å². The van der Waals surface area contributed by atoms with Gasteiger partial charge in [-0.1, -0.05) is 283 Å². The van der Waals surface area contributed by atoms with Crippen molar-refractivity contribution in [3.05, 3.63) is 24.3 Å². The minimum absolute atomic E-state index is 0.0688. The van der Waals surface area contributed by atoms with Crippen molar-refractivity contribution >= 4 is 17.9 Å². The Bertz CT molecular complexity index is 1080. The Morgan fingerprint density at radius 2 is 0.537 bits per heavy atom. The Hall–Kier alpha value is -2.11. The van der Waals surface area contributed by atoms with Crippen LogP contribution in [0.25, 0.3) is 0 Å². The van der Waals surface area contributed by atoms with E-state index < -0.39 is 6.10 Å². The lowest BCUT2D eigenvalue weighted by molar-refractivity contribution is -0.167. The van der Waals surface area contributed by atoms with Crippen molar-refractivity contribution in [3.63, 3.8) is 0 Å². The summed E-state index contributed by atoms with van der Waals surface area (Å²) in [5.41, 5.74) is 0. The predicted molar refractivity (Wildman–Crippen MR) is 289 cm³/mol. The molecule has 67 heavy (non-hydrogen) atoms. The first kappa shape index (κ1) is 64.9. The molecule has 0 saturated heterocycles. The average Bonchev–Trinajstić information content (AvgIpc) is 3.33. The molecule has 0 bridgehead atoms. The zero-order chi connectivity index (χ0) is 48.6. The van der Waals surface area contributed by atoms with Crippen LogP contribution >= 0.6 is 0 Å². The Morgan fingerprint density at radius 1 is 0.299 bits per heavy atom. The molecular formula is C61H114O6. The molecule has 0 aromatic carbocycles. The van der Waals surface area contributed by atoms with Gasteiger partial charge in [0.2, 0.25) is 0 Å². The van der Waals surface area contributed by atoms with Crippen LogP contribution in [0.15, 0.2) is 24.3 Å². The molecular weight excluding hydrogens is 829 g/mol. The number of rotatable bonds is 55. The second-order valence-corrected chi connectivity index (χ2v) is 20.3. The third-order valence-electron chi connectivity index (χ3n) is 13.5. The first-order valence-corrected chi connectivity index (χ1v) is 29.8. The maximum absolute atomic E-state index is 12.9. The monoisotopic (exact) mass is 943 g/mol. The molecule has 0 saturated carbocycles. The van der Waals surface area contributed by atoms with Gasteiger partial charge in [-0.05, 0) is 51.4 Å². The van der Waals surface area contributed by atoms with Crippen molar-refractivity contribution in [1.29, 1.82) is 0 Å². The van der Waals surface area contributed by atoms with E-state index in [0.717, 1.165) is 70.6 Å². The third-order valence-corrected chi connectivity index (χ3v) is 13.5. The van der Waals surface area contributed by atoms with Gasteiger partial charge in [-0.25, -0.2) is 0 Å². The highest BCUT2D eigenvalue weighted by atomic mass is 16.6. The lowest BCUT2D eigenvalue weighted by atomic mass is 10.0. The molecule has 0 aromatic rings. The van der Waals surface area contributed by atoms with Gasteiger partial charge in [0.25, 0.3) is 0 Å². The number of carbonyl (C=O) groups is 3. The van der Waals surface area contributed by atoms with Crippen LogP contribution in [0.2, 0.25) is 0 Å². The molecule has 0 rings (SSSR count). The quantitative estimate of drug-likeness (QED) is 0.0262. The Labute approximate surface area is 417 Å². The van der Waals surface area contributed by atoms with E-state index in [1.54, 1.807) is 0 Å². The summed E-state index contributed by atoms with van der Waals surface area (Å²) >= 11 is 0. The van der Waals surface area contributed by atoms with Crippen LogP contribution in [-0.4, -0.2) is 37.2 Å². The van der Waals surface area contributed by atoms with E-state index in [1.165, 1.54) is 218 Å². The molecule has 0 radical (unpaired) electrons. The van der Waals surface area contributed by atoms with Crippen LogP contribution in [-0.2, 0) is 28.6 Å². The number of unbranched alkanes of at least 4 members (excludes halogenated alkanes) is 40. The summed E-state index contributed by atoms with van der Waals surface area (Å²) in [7, 11) is 0. The van der Waals surface area contributed by atoms with Crippen molar-refractivity contribution in [2.75, 3.05) is 13.2 Å². The fourth-order valence-electron chi connectivity index (χ4n) is 8.95. The van der Waals surface area contributed by atoms with E-state index in [0.29, 0.717) is 19.3 Å². The van der Waals surface area contributed by atoms with Crippen LogP contribution in [0, 0.1) is 0 Å². The van der Waals surface area contributed by atoms with Gasteiger partial charge in [-0.2, -0.15) is 0 Å². The number of carbonyl (C=O) groups excluding carboxylic acids is 3.